The van der Waals surface area contributed by atoms with Crippen LogP contribution in [0.3, 0.4) is 0 Å². The van der Waals surface area contributed by atoms with E-state index in [9.17, 15) is 0 Å². The van der Waals surface area contributed by atoms with Gasteiger partial charge in [0.25, 0.3) is 0 Å². The molecule has 0 radical (unpaired) electrons. The largest absolute Gasteiger partial charge is 0.327 e. The van der Waals surface area contributed by atoms with Gasteiger partial charge in [-0.25, -0.2) is 0 Å². The molecule has 0 aromatic rings. The zero-order chi connectivity index (χ0) is 9.22. The fourth-order valence-corrected chi connectivity index (χ4v) is 4.99. The molecule has 1 nitrogen and oxygen atoms in total. The van der Waals surface area contributed by atoms with Gasteiger partial charge in [0.1, 0.15) is 0 Å². The van der Waals surface area contributed by atoms with Gasteiger partial charge in [0.2, 0.25) is 0 Å². The Bertz CT molecular complexity index is 233. The Labute approximate surface area is 81.1 Å². The van der Waals surface area contributed by atoms with Crippen LogP contribution in [0, 0.1) is 29.1 Å². The molecule has 1 heteroatoms. The summed E-state index contributed by atoms with van der Waals surface area (Å²) in [6.45, 7) is 4.89. The zero-order valence-corrected chi connectivity index (χ0v) is 8.79. The zero-order valence-electron chi connectivity index (χ0n) is 8.79. The smallest absolute Gasteiger partial charge is 0.00779 e. The summed E-state index contributed by atoms with van der Waals surface area (Å²) >= 11 is 0. The summed E-state index contributed by atoms with van der Waals surface area (Å²) in [6, 6.07) is 0.523. The van der Waals surface area contributed by atoms with Crippen molar-refractivity contribution in [2.75, 3.05) is 0 Å². The number of hydrogen-bond acceptors (Lipinski definition) is 1. The van der Waals surface area contributed by atoms with E-state index in [0.717, 1.165) is 23.7 Å². The Hall–Kier alpha value is -0.0400. The quantitative estimate of drug-likeness (QED) is 0.607. The first-order valence-electron chi connectivity index (χ1n) is 5.85. The van der Waals surface area contributed by atoms with Crippen LogP contribution >= 0.6 is 0 Å². The van der Waals surface area contributed by atoms with E-state index in [1.54, 1.807) is 0 Å². The Balaban J connectivity index is 1.97. The minimum Gasteiger partial charge on any atom is -0.327 e. The molecule has 0 aliphatic heterocycles. The van der Waals surface area contributed by atoms with Gasteiger partial charge in [-0.15, -0.1) is 0 Å². The molecular weight excluding hydrogens is 158 g/mol. The third-order valence-electron chi connectivity index (χ3n) is 5.14. The predicted molar refractivity (Wildman–Crippen MR) is 54.2 cm³/mol. The van der Waals surface area contributed by atoms with E-state index in [2.05, 4.69) is 13.8 Å². The lowest BCUT2D eigenvalue weighted by Gasteiger charge is -2.34. The first-order chi connectivity index (χ1) is 6.09. The predicted octanol–water partition coefficient (Wildman–Crippen LogP) is 2.41. The Morgan fingerprint density at radius 3 is 2.54 bits per heavy atom. The highest BCUT2D eigenvalue weighted by Crippen LogP contribution is 2.64. The van der Waals surface area contributed by atoms with Gasteiger partial charge in [-0.05, 0) is 54.8 Å². The van der Waals surface area contributed by atoms with Gasteiger partial charge in [-0.1, -0.05) is 13.8 Å². The molecule has 3 rings (SSSR count). The van der Waals surface area contributed by atoms with E-state index in [-0.39, 0.29) is 0 Å². The first kappa shape index (κ1) is 8.28. The summed E-state index contributed by atoms with van der Waals surface area (Å²) in [4.78, 5) is 0. The van der Waals surface area contributed by atoms with Crippen molar-refractivity contribution in [3.05, 3.63) is 0 Å². The normalized spacial score (nSPS) is 57.0. The van der Waals surface area contributed by atoms with Crippen molar-refractivity contribution < 1.29 is 0 Å². The molecule has 2 N–H and O–H groups in total. The van der Waals surface area contributed by atoms with Gasteiger partial charge in [-0.3, -0.25) is 0 Å². The van der Waals surface area contributed by atoms with Crippen molar-refractivity contribution in [2.45, 2.75) is 45.6 Å². The molecule has 74 valence electrons. The van der Waals surface area contributed by atoms with Crippen LogP contribution in [-0.4, -0.2) is 6.04 Å². The van der Waals surface area contributed by atoms with Gasteiger partial charge in [0, 0.05) is 6.04 Å². The molecule has 0 spiro atoms. The summed E-state index contributed by atoms with van der Waals surface area (Å²) in [5.41, 5.74) is 6.83. The molecule has 3 saturated carbocycles. The molecule has 0 aromatic heterocycles. The van der Waals surface area contributed by atoms with Crippen LogP contribution in [0.5, 0.6) is 0 Å². The van der Waals surface area contributed by atoms with Crippen LogP contribution in [-0.2, 0) is 0 Å². The number of nitrogens with two attached hydrogens (primary N) is 1. The van der Waals surface area contributed by atoms with Crippen molar-refractivity contribution >= 4 is 0 Å². The van der Waals surface area contributed by atoms with Crippen LogP contribution in [0.1, 0.15) is 39.5 Å². The van der Waals surface area contributed by atoms with Crippen LogP contribution in [0.4, 0.5) is 0 Å². The number of hydrogen-bond donors (Lipinski definition) is 1. The molecule has 2 bridgehead atoms. The third-order valence-corrected chi connectivity index (χ3v) is 5.14. The SMILES string of the molecule is CC1(C)C[C@@H](N)C2C3CCC(C3)C21. The molecule has 4 unspecified atom stereocenters. The van der Waals surface area contributed by atoms with Crippen LogP contribution in [0.25, 0.3) is 0 Å². The Morgan fingerprint density at radius 1 is 1.15 bits per heavy atom. The molecule has 0 aromatic carbocycles. The minimum absolute atomic E-state index is 0.523. The van der Waals surface area contributed by atoms with Gasteiger partial charge in [0.05, 0.1) is 0 Å². The highest BCUT2D eigenvalue weighted by Gasteiger charge is 2.59. The molecule has 3 fully saturated rings. The van der Waals surface area contributed by atoms with Crippen molar-refractivity contribution in [1.82, 2.24) is 0 Å². The molecule has 3 aliphatic rings. The van der Waals surface area contributed by atoms with Gasteiger partial charge >= 0.3 is 0 Å². The van der Waals surface area contributed by atoms with Gasteiger partial charge in [0.15, 0.2) is 0 Å². The topological polar surface area (TPSA) is 26.0 Å². The Morgan fingerprint density at radius 2 is 1.85 bits per heavy atom. The Kier molecular flexibility index (Phi) is 1.47. The summed E-state index contributed by atoms with van der Waals surface area (Å²) in [5, 5.41) is 0. The van der Waals surface area contributed by atoms with E-state index in [0.29, 0.717) is 11.5 Å². The van der Waals surface area contributed by atoms with E-state index >= 15 is 0 Å². The second-order valence-electron chi connectivity index (χ2n) is 6.29. The summed E-state index contributed by atoms with van der Waals surface area (Å²) in [6.07, 6.45) is 5.76. The molecule has 5 atom stereocenters. The summed E-state index contributed by atoms with van der Waals surface area (Å²) in [5.74, 6) is 3.92. The second-order valence-corrected chi connectivity index (χ2v) is 6.29. The van der Waals surface area contributed by atoms with Gasteiger partial charge in [-0.2, -0.15) is 0 Å². The first-order valence-corrected chi connectivity index (χ1v) is 5.85. The van der Waals surface area contributed by atoms with Crippen LogP contribution in [0.2, 0.25) is 0 Å². The van der Waals surface area contributed by atoms with E-state index in [1.807, 2.05) is 0 Å². The maximum atomic E-state index is 6.28. The maximum absolute atomic E-state index is 6.28. The fourth-order valence-electron chi connectivity index (χ4n) is 4.99. The van der Waals surface area contributed by atoms with Crippen LogP contribution < -0.4 is 5.73 Å². The lowest BCUT2D eigenvalue weighted by atomic mass is 9.71. The third kappa shape index (κ3) is 0.918. The average Bonchev–Trinajstić information content (AvgIpc) is 2.63. The lowest BCUT2D eigenvalue weighted by Crippen LogP contribution is -2.32. The lowest BCUT2D eigenvalue weighted by molar-refractivity contribution is 0.147. The molecular formula is C12H21N. The molecule has 0 heterocycles. The summed E-state index contributed by atoms with van der Waals surface area (Å²) in [7, 11) is 0. The highest BCUT2D eigenvalue weighted by atomic mass is 14.8. The second kappa shape index (κ2) is 2.31. The minimum atomic E-state index is 0.523. The standard InChI is InChI=1S/C12H21N/c1-12(2)6-9(13)10-7-3-4-8(5-7)11(10)12/h7-11H,3-6,13H2,1-2H3/t7?,8?,9-,10?,11?/m1/s1. The molecule has 3 aliphatic carbocycles. The maximum Gasteiger partial charge on any atom is 0.00779 e. The molecule has 0 amide bonds. The van der Waals surface area contributed by atoms with E-state index in [1.165, 1.54) is 25.7 Å². The average molecular weight is 179 g/mol. The van der Waals surface area contributed by atoms with Crippen molar-refractivity contribution in [1.29, 1.82) is 0 Å². The van der Waals surface area contributed by atoms with E-state index in [4.69, 9.17) is 5.73 Å². The molecule has 13 heavy (non-hydrogen) atoms. The van der Waals surface area contributed by atoms with Crippen molar-refractivity contribution in [3.8, 4) is 0 Å². The van der Waals surface area contributed by atoms with Gasteiger partial charge < -0.3 is 5.73 Å². The van der Waals surface area contributed by atoms with Crippen LogP contribution in [0.15, 0.2) is 0 Å². The number of rotatable bonds is 0. The number of fused-ring (bicyclic) bond motifs is 5. The summed E-state index contributed by atoms with van der Waals surface area (Å²) < 4.78 is 0. The van der Waals surface area contributed by atoms with E-state index < -0.39 is 0 Å². The van der Waals surface area contributed by atoms with Crippen molar-refractivity contribution in [2.24, 2.45) is 34.8 Å². The fraction of sp³-hybridized carbons (Fsp3) is 1.00. The highest BCUT2D eigenvalue weighted by molar-refractivity contribution is 5.10. The molecule has 0 saturated heterocycles. The van der Waals surface area contributed by atoms with Crippen molar-refractivity contribution in [3.63, 3.8) is 0 Å². The monoisotopic (exact) mass is 179 g/mol.